The molecule has 231 valence electrons. The molecule has 1 atom stereocenters. The summed E-state index contributed by atoms with van der Waals surface area (Å²) in [5.74, 6) is -0.792. The van der Waals surface area contributed by atoms with E-state index in [1.165, 1.54) is 0 Å². The molecule has 3 nitrogen and oxygen atoms in total. The Bertz CT molecular complexity index is 2340. The Hall–Kier alpha value is -5.15. The van der Waals surface area contributed by atoms with E-state index < -0.39 is 12.3 Å². The number of para-hydroxylation sites is 1. The van der Waals surface area contributed by atoms with Gasteiger partial charge in [-0.05, 0) is 58.5 Å². The minimum Gasteiger partial charge on any atom is -0.501 e. The standard InChI is InChI=1S/C24H16NO.C19H16N.Ir/c1-2-7-17(8-3-1)15-18-13-14-25-22(16-18)21-11-6-10-20-19-9-4-5-12-23(19)26-24(20)21;1-15(16-8-3-2-4-9-16)17-10-7-11-18(14-17)19-12-5-6-13-20-19;/h1-10,12-14,16H,15H2;2-10,12-15H,1H3;/q2*-1;/i15D2;15D;. The van der Waals surface area contributed by atoms with Crippen molar-refractivity contribution in [3.05, 3.63) is 192 Å². The van der Waals surface area contributed by atoms with Gasteiger partial charge in [-0.25, -0.2) is 0 Å². The molecule has 0 N–H and O–H groups in total. The van der Waals surface area contributed by atoms with Crippen molar-refractivity contribution in [3.8, 4) is 22.5 Å². The van der Waals surface area contributed by atoms with E-state index in [4.69, 9.17) is 8.53 Å². The number of hydrogen-bond donors (Lipinski definition) is 0. The number of fused-ring (bicyclic) bond motifs is 3. The summed E-state index contributed by atoms with van der Waals surface area (Å²) < 4.78 is 32.1. The summed E-state index contributed by atoms with van der Waals surface area (Å²) in [6.45, 7) is 1.92. The Morgan fingerprint density at radius 3 is 2.19 bits per heavy atom. The number of aromatic nitrogens is 2. The Morgan fingerprint density at radius 1 is 0.660 bits per heavy atom. The summed E-state index contributed by atoms with van der Waals surface area (Å²) in [5.41, 5.74) is 7.77. The third kappa shape index (κ3) is 7.31. The fraction of sp³-hybridized carbons (Fsp3) is 0.0698. The predicted octanol–water partition coefficient (Wildman–Crippen LogP) is 10.7. The molecular weight excluding hydrogens is 753 g/mol. The Kier molecular flexibility index (Phi) is 8.94. The maximum Gasteiger partial charge on any atom is 0.120 e. The first-order valence-electron chi connectivity index (χ1n) is 16.7. The summed E-state index contributed by atoms with van der Waals surface area (Å²) in [5, 5.41) is 2.05. The van der Waals surface area contributed by atoms with Crippen LogP contribution in [0.4, 0.5) is 0 Å². The normalized spacial score (nSPS) is 13.3. The van der Waals surface area contributed by atoms with Gasteiger partial charge < -0.3 is 14.4 Å². The van der Waals surface area contributed by atoms with Crippen LogP contribution in [-0.2, 0) is 26.5 Å². The maximum atomic E-state index is 8.73. The van der Waals surface area contributed by atoms with E-state index in [0.717, 1.165) is 44.3 Å². The van der Waals surface area contributed by atoms with E-state index in [9.17, 15) is 0 Å². The molecule has 3 heterocycles. The van der Waals surface area contributed by atoms with Crippen molar-refractivity contribution < 1.29 is 28.6 Å². The van der Waals surface area contributed by atoms with Crippen LogP contribution in [-0.4, -0.2) is 9.97 Å². The van der Waals surface area contributed by atoms with Crippen LogP contribution in [0.3, 0.4) is 0 Å². The number of nitrogens with zero attached hydrogens (tertiary/aromatic N) is 2. The molecule has 8 rings (SSSR count). The summed E-state index contributed by atoms with van der Waals surface area (Å²) in [6, 6.07) is 52.4. The van der Waals surface area contributed by atoms with Crippen molar-refractivity contribution >= 4 is 21.9 Å². The van der Waals surface area contributed by atoms with Crippen molar-refractivity contribution in [1.29, 1.82) is 0 Å². The van der Waals surface area contributed by atoms with Gasteiger partial charge >= 0.3 is 0 Å². The average Bonchev–Trinajstić information content (AvgIpc) is 3.55. The van der Waals surface area contributed by atoms with Crippen LogP contribution < -0.4 is 0 Å². The van der Waals surface area contributed by atoms with Crippen LogP contribution in [0.2, 0.25) is 0 Å². The van der Waals surface area contributed by atoms with E-state index in [0.29, 0.717) is 22.4 Å². The van der Waals surface area contributed by atoms with Gasteiger partial charge in [0, 0.05) is 42.0 Å². The first-order valence-corrected chi connectivity index (χ1v) is 15.2. The molecule has 0 aliphatic rings. The molecular formula is C43H32IrN2O-2. The van der Waals surface area contributed by atoms with Crippen LogP contribution >= 0.6 is 0 Å². The van der Waals surface area contributed by atoms with Crippen molar-refractivity contribution in [1.82, 2.24) is 9.97 Å². The zero-order chi connectivity index (χ0) is 33.8. The van der Waals surface area contributed by atoms with Crippen LogP contribution in [0.15, 0.2) is 162 Å². The van der Waals surface area contributed by atoms with E-state index in [1.54, 1.807) is 36.7 Å². The molecule has 5 aromatic carbocycles. The van der Waals surface area contributed by atoms with Crippen LogP contribution in [0.25, 0.3) is 44.5 Å². The second-order valence-electron chi connectivity index (χ2n) is 10.8. The Balaban J connectivity index is 0.000000177. The molecule has 1 radical (unpaired) electrons. The maximum absolute atomic E-state index is 8.73. The quantitative estimate of drug-likeness (QED) is 0.158. The Morgan fingerprint density at radius 2 is 1.38 bits per heavy atom. The minimum absolute atomic E-state index is 0. The molecule has 0 spiro atoms. The van der Waals surface area contributed by atoms with Crippen molar-refractivity contribution in [2.75, 3.05) is 0 Å². The van der Waals surface area contributed by atoms with Crippen molar-refractivity contribution in [2.24, 2.45) is 0 Å². The molecule has 3 aromatic heterocycles. The zero-order valence-electron chi connectivity index (χ0n) is 28.6. The van der Waals surface area contributed by atoms with E-state index in [-0.39, 0.29) is 20.1 Å². The summed E-state index contributed by atoms with van der Waals surface area (Å²) >= 11 is 0. The van der Waals surface area contributed by atoms with Crippen molar-refractivity contribution in [3.63, 3.8) is 0 Å². The predicted molar refractivity (Wildman–Crippen MR) is 188 cm³/mol. The Labute approximate surface area is 293 Å². The minimum atomic E-state index is -1.62. The third-order valence-corrected chi connectivity index (χ3v) is 7.80. The van der Waals surface area contributed by atoms with Gasteiger partial charge in [0.15, 0.2) is 0 Å². The average molecular weight is 788 g/mol. The molecule has 1 unspecified atom stereocenters. The molecule has 0 aliphatic heterocycles. The van der Waals surface area contributed by atoms with Gasteiger partial charge in [0.05, 0.1) is 5.58 Å². The van der Waals surface area contributed by atoms with Gasteiger partial charge in [0.1, 0.15) is 5.58 Å². The second kappa shape index (κ2) is 15.0. The van der Waals surface area contributed by atoms with Crippen LogP contribution in [0.1, 0.15) is 39.2 Å². The number of furan rings is 1. The van der Waals surface area contributed by atoms with Crippen LogP contribution in [0, 0.1) is 12.1 Å². The molecule has 0 bridgehead atoms. The van der Waals surface area contributed by atoms with Gasteiger partial charge in [0.2, 0.25) is 0 Å². The number of pyridine rings is 2. The van der Waals surface area contributed by atoms with Crippen LogP contribution in [0.5, 0.6) is 0 Å². The number of hydrogen-bond acceptors (Lipinski definition) is 3. The summed E-state index contributed by atoms with van der Waals surface area (Å²) in [6.07, 6.45) is 1.79. The molecule has 0 aliphatic carbocycles. The van der Waals surface area contributed by atoms with E-state index in [1.807, 2.05) is 128 Å². The van der Waals surface area contributed by atoms with E-state index >= 15 is 0 Å². The fourth-order valence-electron chi connectivity index (χ4n) is 5.44. The molecule has 8 aromatic rings. The molecule has 0 saturated carbocycles. The summed E-state index contributed by atoms with van der Waals surface area (Å²) in [4.78, 5) is 8.83. The van der Waals surface area contributed by atoms with Gasteiger partial charge in [-0.1, -0.05) is 115 Å². The van der Waals surface area contributed by atoms with Gasteiger partial charge in [-0.2, -0.15) is 0 Å². The molecule has 0 saturated heterocycles. The van der Waals surface area contributed by atoms with Gasteiger partial charge in [-0.15, -0.1) is 53.6 Å². The first-order chi connectivity index (χ1) is 23.8. The molecule has 0 fully saturated rings. The summed E-state index contributed by atoms with van der Waals surface area (Å²) in [7, 11) is 0. The molecule has 0 amide bonds. The first kappa shape index (κ1) is 28.1. The van der Waals surface area contributed by atoms with Gasteiger partial charge in [-0.3, -0.25) is 0 Å². The molecule has 4 heteroatoms. The number of benzene rings is 5. The molecule has 47 heavy (non-hydrogen) atoms. The SMILES string of the molecule is [2H]C(C)(c1ccccc1)c1cc[c-]c(-c2ccccn2)c1.[2H]C([2H])(c1ccccc1)c1ccnc(-c2[c-]ccc3c2oc2ccccc23)c1.[Ir]. The largest absolute Gasteiger partial charge is 0.501 e. The number of rotatable bonds is 6. The van der Waals surface area contributed by atoms with E-state index in [2.05, 4.69) is 22.1 Å². The fourth-order valence-corrected chi connectivity index (χ4v) is 5.44. The van der Waals surface area contributed by atoms with Crippen molar-refractivity contribution in [2.45, 2.75) is 19.2 Å². The topological polar surface area (TPSA) is 38.9 Å². The van der Waals surface area contributed by atoms with Gasteiger partial charge in [0.25, 0.3) is 0 Å². The smallest absolute Gasteiger partial charge is 0.120 e. The third-order valence-electron chi connectivity index (χ3n) is 7.80. The second-order valence-corrected chi connectivity index (χ2v) is 10.8. The zero-order valence-corrected chi connectivity index (χ0v) is 28.0. The monoisotopic (exact) mass is 788 g/mol.